The number of nitrogens with zero attached hydrogens (tertiary/aromatic N) is 2. The number of rotatable bonds is 4. The van der Waals surface area contributed by atoms with Gasteiger partial charge in [-0.15, -0.1) is 0 Å². The Hall–Kier alpha value is -1.33. The molecule has 1 atom stereocenters. The number of anilines is 1. The van der Waals surface area contributed by atoms with Gasteiger partial charge in [-0.25, -0.2) is 4.98 Å². The fourth-order valence-electron chi connectivity index (χ4n) is 2.30. The molecule has 0 aliphatic carbocycles. The first-order valence-corrected chi connectivity index (χ1v) is 6.65. The molecule has 1 amide bonds. The average molecular weight is 284 g/mol. The highest BCUT2D eigenvalue weighted by atomic mass is 35.5. The summed E-state index contributed by atoms with van der Waals surface area (Å²) >= 11 is 6.06. The van der Waals surface area contributed by atoms with Crippen LogP contribution in [0.15, 0.2) is 12.3 Å². The number of hydrogen-bond acceptors (Lipinski definition) is 4. The van der Waals surface area contributed by atoms with Crippen molar-refractivity contribution >= 4 is 23.3 Å². The largest absolute Gasteiger partial charge is 0.384 e. The highest BCUT2D eigenvalue weighted by molar-refractivity contribution is 6.33. The van der Waals surface area contributed by atoms with Gasteiger partial charge in [0.05, 0.1) is 17.2 Å². The number of carbonyl (C=O) groups is 1. The number of pyridine rings is 1. The molecule has 19 heavy (non-hydrogen) atoms. The van der Waals surface area contributed by atoms with E-state index in [0.29, 0.717) is 28.9 Å². The van der Waals surface area contributed by atoms with Crippen LogP contribution in [0.3, 0.4) is 0 Å². The zero-order chi connectivity index (χ0) is 13.8. The normalized spacial score (nSPS) is 18.7. The van der Waals surface area contributed by atoms with Crippen LogP contribution in [-0.4, -0.2) is 49.6 Å². The van der Waals surface area contributed by atoms with Crippen LogP contribution in [0.5, 0.6) is 0 Å². The highest BCUT2D eigenvalue weighted by Gasteiger charge is 2.28. The van der Waals surface area contributed by atoms with Gasteiger partial charge in [0.25, 0.3) is 5.91 Å². The summed E-state index contributed by atoms with van der Waals surface area (Å²) < 4.78 is 5.14. The van der Waals surface area contributed by atoms with Crippen LogP contribution >= 0.6 is 11.6 Å². The first-order valence-electron chi connectivity index (χ1n) is 6.27. The minimum atomic E-state index is -0.0393. The van der Waals surface area contributed by atoms with Gasteiger partial charge in [0, 0.05) is 39.4 Å². The van der Waals surface area contributed by atoms with Gasteiger partial charge < -0.3 is 15.0 Å². The molecule has 1 fully saturated rings. The molecule has 2 heterocycles. The maximum atomic E-state index is 12.4. The molecule has 0 radical (unpaired) electrons. The lowest BCUT2D eigenvalue weighted by Gasteiger charge is -2.17. The van der Waals surface area contributed by atoms with Gasteiger partial charge in [-0.3, -0.25) is 4.79 Å². The van der Waals surface area contributed by atoms with Gasteiger partial charge in [0.2, 0.25) is 0 Å². The smallest absolute Gasteiger partial charge is 0.255 e. The second kappa shape index (κ2) is 6.21. The van der Waals surface area contributed by atoms with E-state index in [4.69, 9.17) is 16.3 Å². The molecule has 1 N–H and O–H groups in total. The Morgan fingerprint density at radius 1 is 1.68 bits per heavy atom. The van der Waals surface area contributed by atoms with Crippen molar-refractivity contribution in [3.8, 4) is 0 Å². The molecule has 0 aromatic carbocycles. The molecule has 1 aromatic rings. The Kier molecular flexibility index (Phi) is 4.61. The van der Waals surface area contributed by atoms with Gasteiger partial charge in [0.1, 0.15) is 5.82 Å². The maximum Gasteiger partial charge on any atom is 0.255 e. The number of nitrogens with one attached hydrogen (secondary N) is 1. The quantitative estimate of drug-likeness (QED) is 0.917. The van der Waals surface area contributed by atoms with Gasteiger partial charge in [-0.2, -0.15) is 0 Å². The molecule has 0 spiro atoms. The molecule has 1 unspecified atom stereocenters. The van der Waals surface area contributed by atoms with E-state index in [1.54, 1.807) is 20.2 Å². The summed E-state index contributed by atoms with van der Waals surface area (Å²) in [5.41, 5.74) is 0.499. The van der Waals surface area contributed by atoms with Crippen LogP contribution in [0, 0.1) is 5.92 Å². The summed E-state index contributed by atoms with van der Waals surface area (Å²) in [6.45, 7) is 2.16. The Labute approximate surface area is 117 Å². The van der Waals surface area contributed by atoms with E-state index < -0.39 is 0 Å². The molecule has 5 nitrogen and oxygen atoms in total. The van der Waals surface area contributed by atoms with Gasteiger partial charge in [-0.1, -0.05) is 11.6 Å². The number of likely N-dealkylation sites (tertiary alicyclic amines) is 1. The van der Waals surface area contributed by atoms with Crippen LogP contribution in [0.25, 0.3) is 0 Å². The van der Waals surface area contributed by atoms with Crippen molar-refractivity contribution in [3.05, 3.63) is 22.8 Å². The number of amides is 1. The summed E-state index contributed by atoms with van der Waals surface area (Å²) in [6, 6.07) is 1.69. The first kappa shape index (κ1) is 14.1. The third-order valence-corrected chi connectivity index (χ3v) is 3.62. The van der Waals surface area contributed by atoms with Crippen molar-refractivity contribution in [2.24, 2.45) is 5.92 Å². The summed E-state index contributed by atoms with van der Waals surface area (Å²) in [4.78, 5) is 18.3. The monoisotopic (exact) mass is 283 g/mol. The van der Waals surface area contributed by atoms with E-state index in [1.807, 2.05) is 4.90 Å². The lowest BCUT2D eigenvalue weighted by atomic mass is 10.1. The van der Waals surface area contributed by atoms with Crippen molar-refractivity contribution in [2.45, 2.75) is 6.42 Å². The third-order valence-electron chi connectivity index (χ3n) is 3.32. The van der Waals surface area contributed by atoms with E-state index in [-0.39, 0.29) is 5.91 Å². The predicted octanol–water partition coefficient (Wildman–Crippen LogP) is 1.89. The molecule has 0 saturated carbocycles. The number of ether oxygens (including phenoxy) is 1. The Morgan fingerprint density at radius 3 is 3.16 bits per heavy atom. The van der Waals surface area contributed by atoms with Crippen molar-refractivity contribution in [1.82, 2.24) is 9.88 Å². The van der Waals surface area contributed by atoms with Crippen molar-refractivity contribution in [2.75, 3.05) is 39.2 Å². The van der Waals surface area contributed by atoms with E-state index in [2.05, 4.69) is 10.3 Å². The molecule has 6 heteroatoms. The van der Waals surface area contributed by atoms with Crippen molar-refractivity contribution in [1.29, 1.82) is 0 Å². The number of methoxy groups -OCH3 is 1. The molecule has 1 aliphatic rings. The third kappa shape index (κ3) is 3.16. The van der Waals surface area contributed by atoms with E-state index in [9.17, 15) is 4.79 Å². The lowest BCUT2D eigenvalue weighted by molar-refractivity contribution is 0.0775. The topological polar surface area (TPSA) is 54.5 Å². The lowest BCUT2D eigenvalue weighted by Crippen LogP contribution is -2.29. The van der Waals surface area contributed by atoms with Crippen LogP contribution in [0.2, 0.25) is 5.02 Å². The molecule has 0 bridgehead atoms. The van der Waals surface area contributed by atoms with Gasteiger partial charge in [0.15, 0.2) is 0 Å². The van der Waals surface area contributed by atoms with E-state index in [1.165, 1.54) is 6.20 Å². The molecule has 1 saturated heterocycles. The Bertz CT molecular complexity index is 467. The molecule has 104 valence electrons. The standard InChI is InChI=1S/C13H18ClN3O2/c1-15-12-5-10(11(14)6-16-12)13(18)17-4-3-9(7-17)8-19-2/h5-6,9H,3-4,7-8H2,1-2H3,(H,15,16). The fraction of sp³-hybridized carbons (Fsp3) is 0.538. The summed E-state index contributed by atoms with van der Waals surface area (Å²) in [7, 11) is 3.44. The van der Waals surface area contributed by atoms with Crippen molar-refractivity contribution < 1.29 is 9.53 Å². The number of carbonyl (C=O) groups excluding carboxylic acids is 1. The summed E-state index contributed by atoms with van der Waals surface area (Å²) in [5.74, 6) is 1.02. The van der Waals surface area contributed by atoms with Crippen LogP contribution in [-0.2, 0) is 4.74 Å². The zero-order valence-corrected chi connectivity index (χ0v) is 11.9. The highest BCUT2D eigenvalue weighted by Crippen LogP contribution is 2.23. The van der Waals surface area contributed by atoms with Crippen LogP contribution in [0.1, 0.15) is 16.8 Å². The number of halogens is 1. The zero-order valence-electron chi connectivity index (χ0n) is 11.1. The summed E-state index contributed by atoms with van der Waals surface area (Å²) in [6.07, 6.45) is 2.48. The average Bonchev–Trinajstić information content (AvgIpc) is 2.88. The molecular formula is C13H18ClN3O2. The number of aromatic nitrogens is 1. The fourth-order valence-corrected chi connectivity index (χ4v) is 2.48. The minimum absolute atomic E-state index is 0.0393. The van der Waals surface area contributed by atoms with Gasteiger partial charge >= 0.3 is 0 Å². The van der Waals surface area contributed by atoms with Crippen LogP contribution < -0.4 is 5.32 Å². The van der Waals surface area contributed by atoms with Crippen molar-refractivity contribution in [3.63, 3.8) is 0 Å². The van der Waals surface area contributed by atoms with Crippen LogP contribution in [0.4, 0.5) is 5.82 Å². The Balaban J connectivity index is 2.12. The second-order valence-corrected chi connectivity index (χ2v) is 5.07. The van der Waals surface area contributed by atoms with E-state index in [0.717, 1.165) is 19.5 Å². The summed E-state index contributed by atoms with van der Waals surface area (Å²) in [5, 5.41) is 3.30. The SMILES string of the molecule is CNc1cc(C(=O)N2CCC(COC)C2)c(Cl)cn1. The molecule has 2 rings (SSSR count). The number of hydrogen-bond donors (Lipinski definition) is 1. The van der Waals surface area contributed by atoms with Gasteiger partial charge in [-0.05, 0) is 12.5 Å². The first-order chi connectivity index (χ1) is 9.15. The Morgan fingerprint density at radius 2 is 2.47 bits per heavy atom. The second-order valence-electron chi connectivity index (χ2n) is 4.66. The molecular weight excluding hydrogens is 266 g/mol. The minimum Gasteiger partial charge on any atom is -0.384 e. The maximum absolute atomic E-state index is 12.4. The predicted molar refractivity (Wildman–Crippen MR) is 74.7 cm³/mol. The molecule has 1 aromatic heterocycles. The van der Waals surface area contributed by atoms with E-state index >= 15 is 0 Å². The molecule has 1 aliphatic heterocycles.